The number of aromatic amines is 2. The molecular weight excluding hydrogens is 892 g/mol. The van der Waals surface area contributed by atoms with Gasteiger partial charge in [-0.25, -0.2) is 24.1 Å². The lowest BCUT2D eigenvalue weighted by Crippen LogP contribution is -2.54. The Morgan fingerprint density at radius 1 is 0.821 bits per heavy atom. The van der Waals surface area contributed by atoms with Gasteiger partial charge in [-0.05, 0) is 72.6 Å². The minimum absolute atomic E-state index is 0.0401. The Labute approximate surface area is 385 Å². The van der Waals surface area contributed by atoms with E-state index in [1.165, 1.54) is 33.4 Å². The first-order valence-electron chi connectivity index (χ1n) is 21.5. The number of hydrogen-bond donors (Lipinski definition) is 6. The molecule has 0 bridgehead atoms. The molecule has 0 radical (unpaired) electrons. The average molecular weight is 945 g/mol. The Bertz CT molecular complexity index is 2550. The summed E-state index contributed by atoms with van der Waals surface area (Å²) in [6.07, 6.45) is 3.69. The predicted octanol–water partition coefficient (Wildman–Crippen LogP) is 5.82. The molecule has 6 atom stereocenters. The van der Waals surface area contributed by atoms with Gasteiger partial charge in [0.2, 0.25) is 11.8 Å². The Balaban J connectivity index is 0.989. The average Bonchev–Trinajstić information content (AvgIpc) is 4.19. The third-order valence-corrected chi connectivity index (χ3v) is 12.7. The van der Waals surface area contributed by atoms with Crippen molar-refractivity contribution in [1.29, 1.82) is 0 Å². The van der Waals surface area contributed by atoms with Gasteiger partial charge in [0.25, 0.3) is 0 Å². The monoisotopic (exact) mass is 944 g/mol. The van der Waals surface area contributed by atoms with Crippen molar-refractivity contribution in [3.05, 3.63) is 102 Å². The molecule has 67 heavy (non-hydrogen) atoms. The van der Waals surface area contributed by atoms with Crippen LogP contribution in [-0.2, 0) is 39.6 Å². The van der Waals surface area contributed by atoms with Crippen LogP contribution >= 0.6 is 7.82 Å². The predicted molar refractivity (Wildman–Crippen MR) is 240 cm³/mol. The summed E-state index contributed by atoms with van der Waals surface area (Å²) in [6.45, 7) is 1.64. The summed E-state index contributed by atoms with van der Waals surface area (Å²) in [5.41, 5.74) is 5.92. The number of carboxylic acid groups (broad SMARTS) is 1. The number of likely N-dealkylation sites (N-methyl/N-ethyl adjacent to an activating group) is 1. The molecule has 0 aliphatic carbocycles. The molecule has 0 saturated carbocycles. The maximum Gasteiger partial charge on any atom is 0.555 e. The van der Waals surface area contributed by atoms with E-state index in [4.69, 9.17) is 19.1 Å². The van der Waals surface area contributed by atoms with Crippen molar-refractivity contribution in [1.82, 2.24) is 40.0 Å². The Kier molecular flexibility index (Phi) is 15.4. The zero-order chi connectivity index (χ0) is 47.8. The number of aliphatic hydroxyl groups is 1. The lowest BCUT2D eigenvalue weighted by Gasteiger charge is -2.34. The van der Waals surface area contributed by atoms with Gasteiger partial charge in [-0.3, -0.25) is 19.4 Å². The van der Waals surface area contributed by atoms with E-state index < -0.39 is 45.0 Å². The molecule has 7 rings (SSSR count). The fraction of sp³-hybridized carbons (Fsp3) is 0.378. The highest BCUT2D eigenvalue weighted by atomic mass is 31.2. The van der Waals surface area contributed by atoms with Crippen molar-refractivity contribution in [2.24, 2.45) is 0 Å². The van der Waals surface area contributed by atoms with E-state index in [1.54, 1.807) is 41.2 Å². The number of benzene rings is 3. The smallest absolute Gasteiger partial charge is 0.465 e. The topological polar surface area (TPSA) is 271 Å². The van der Waals surface area contributed by atoms with E-state index >= 15 is 0 Å². The third-order valence-electron chi connectivity index (χ3n) is 12.0. The number of methoxy groups -OCH3 is 2. The quantitative estimate of drug-likeness (QED) is 0.0262. The van der Waals surface area contributed by atoms with Gasteiger partial charge in [-0.2, -0.15) is 4.89 Å². The number of aromatic nitrogens is 4. The Morgan fingerprint density at radius 3 is 1.81 bits per heavy atom. The van der Waals surface area contributed by atoms with Crippen LogP contribution in [0.2, 0.25) is 0 Å². The highest BCUT2D eigenvalue weighted by Gasteiger charge is 2.41. The minimum atomic E-state index is -4.67. The second-order valence-electron chi connectivity index (χ2n) is 16.1. The number of H-pyrrole nitrogens is 2. The first kappa shape index (κ1) is 48.3. The van der Waals surface area contributed by atoms with Crippen LogP contribution in [0.1, 0.15) is 61.9 Å². The van der Waals surface area contributed by atoms with Crippen LogP contribution in [0.4, 0.5) is 9.59 Å². The maximum atomic E-state index is 14.1. The van der Waals surface area contributed by atoms with E-state index in [1.807, 2.05) is 48.5 Å². The number of ether oxygens (including phenoxy) is 2. The summed E-state index contributed by atoms with van der Waals surface area (Å²) in [5.74, 6) is 0.523. The number of alkyl carbamates (subject to hydrolysis) is 1. The van der Waals surface area contributed by atoms with Crippen LogP contribution in [0.3, 0.4) is 0 Å². The van der Waals surface area contributed by atoms with Gasteiger partial charge in [0.05, 0.1) is 49.1 Å². The van der Waals surface area contributed by atoms with Crippen molar-refractivity contribution in [3.63, 3.8) is 0 Å². The summed E-state index contributed by atoms with van der Waals surface area (Å²) < 4.78 is 31.2. The lowest BCUT2D eigenvalue weighted by atomic mass is 10.0. The molecule has 22 heteroatoms. The fourth-order valence-electron chi connectivity index (χ4n) is 8.48. The first-order chi connectivity index (χ1) is 32.2. The fourth-order valence-corrected chi connectivity index (χ4v) is 9.08. The van der Waals surface area contributed by atoms with Gasteiger partial charge < -0.3 is 49.3 Å². The molecule has 6 N–H and O–H groups in total. The summed E-state index contributed by atoms with van der Waals surface area (Å²) in [6, 6.07) is 19.2. The Hall–Kier alpha value is -6.61. The standard InChI is InChI=1S/C45H53N8O13P/c1-27(62-3)39(51(2)45(58)59)43(56)53-22-6-8-38(53)41-47-25-36(49-41)32-17-13-30(14-18-32)29-11-15-31(16-12-29)35-24-46-40(48-35)37-7-5-21-52(37)42(55)34(50-44(57)63-4)23-28-9-19-33(20-10-28)65-67(60,61)66-64-26-54/h9-20,24-25,27,34,37-39,54H,5-8,21-23,26H2,1-4H3,(H,46,48)(H,47,49)(H,50,57)(H,58,59)(H,60,61)/t27-,34+,37+,38+,39+/m1/s1. The van der Waals surface area contributed by atoms with Crippen molar-refractivity contribution < 1.29 is 62.4 Å². The molecule has 2 aliphatic heterocycles. The molecule has 4 amide bonds. The number of nitrogens with one attached hydrogen (secondary N) is 3. The molecule has 21 nitrogen and oxygen atoms in total. The van der Waals surface area contributed by atoms with E-state index in [9.17, 15) is 33.7 Å². The SMILES string of the molecule is COC(=O)N[C@@H](Cc1ccc(OP(=O)(O)OOCO)cc1)C(=O)N1CCC[C@H]1c1ncc(-c2ccc(-c3ccc(-c4cnc([C@@H]5CCCN5C(=O)[C@H]([C@@H](C)OC)N(C)C(=O)O)[nH]4)cc3)cc2)[nH]1. The van der Waals surface area contributed by atoms with Crippen LogP contribution in [0.5, 0.6) is 5.75 Å². The number of carbonyl (C=O) groups excluding carboxylic acids is 3. The van der Waals surface area contributed by atoms with Gasteiger partial charge >= 0.3 is 20.0 Å². The number of likely N-dealkylation sites (tertiary alicyclic amines) is 2. The van der Waals surface area contributed by atoms with Gasteiger partial charge in [-0.15, -0.1) is 4.67 Å². The molecule has 1 unspecified atom stereocenters. The lowest BCUT2D eigenvalue weighted by molar-refractivity contribution is -0.264. The molecular formula is C45H53N8O13P. The second-order valence-corrected chi connectivity index (χ2v) is 17.4. The molecule has 2 fully saturated rings. The van der Waals surface area contributed by atoms with Gasteiger partial charge in [-0.1, -0.05) is 60.7 Å². The number of phosphoric acid groups is 1. The molecule has 2 aliphatic rings. The van der Waals surface area contributed by atoms with Crippen LogP contribution in [0.15, 0.2) is 85.2 Å². The normalized spacial score (nSPS) is 18.2. The first-order valence-corrected chi connectivity index (χ1v) is 23.0. The highest BCUT2D eigenvalue weighted by molar-refractivity contribution is 7.47. The second kappa shape index (κ2) is 21.3. The van der Waals surface area contributed by atoms with E-state index in [0.29, 0.717) is 49.6 Å². The highest BCUT2D eigenvalue weighted by Crippen LogP contribution is 2.44. The van der Waals surface area contributed by atoms with E-state index in [-0.39, 0.29) is 36.1 Å². The van der Waals surface area contributed by atoms with Crippen LogP contribution in [-0.4, -0.2) is 133 Å². The number of phosphoric ester groups is 1. The molecule has 3 aromatic carbocycles. The zero-order valence-corrected chi connectivity index (χ0v) is 38.1. The van der Waals surface area contributed by atoms with Crippen molar-refractivity contribution in [2.75, 3.05) is 41.1 Å². The number of amides is 4. The van der Waals surface area contributed by atoms with Crippen LogP contribution in [0.25, 0.3) is 33.6 Å². The molecule has 0 spiro atoms. The van der Waals surface area contributed by atoms with Crippen molar-refractivity contribution in [2.45, 2.75) is 69.3 Å². The summed E-state index contributed by atoms with van der Waals surface area (Å²) in [5, 5.41) is 20.9. The number of hydrogen-bond acceptors (Lipinski definition) is 13. The van der Waals surface area contributed by atoms with Gasteiger partial charge in [0, 0.05) is 33.7 Å². The molecule has 4 heterocycles. The number of nitrogens with zero attached hydrogens (tertiary/aromatic N) is 5. The van der Waals surface area contributed by atoms with Crippen LogP contribution in [0, 0.1) is 0 Å². The van der Waals surface area contributed by atoms with E-state index in [0.717, 1.165) is 45.0 Å². The summed E-state index contributed by atoms with van der Waals surface area (Å²) in [7, 11) is -0.640. The van der Waals surface area contributed by atoms with Gasteiger partial charge in [0.15, 0.2) is 6.79 Å². The Morgan fingerprint density at radius 2 is 1.33 bits per heavy atom. The number of carbonyl (C=O) groups is 4. The summed E-state index contributed by atoms with van der Waals surface area (Å²) >= 11 is 0. The number of imidazole rings is 2. The molecule has 356 valence electrons. The third kappa shape index (κ3) is 11.3. The van der Waals surface area contributed by atoms with Crippen molar-refractivity contribution >= 4 is 31.8 Å². The van der Waals surface area contributed by atoms with E-state index in [2.05, 4.69) is 34.8 Å². The van der Waals surface area contributed by atoms with Crippen molar-refractivity contribution in [3.8, 4) is 39.4 Å². The molecule has 2 saturated heterocycles. The molecule has 2 aromatic heterocycles. The van der Waals surface area contributed by atoms with Crippen LogP contribution < -0.4 is 9.84 Å². The minimum Gasteiger partial charge on any atom is -0.465 e. The number of aliphatic hydroxyl groups excluding tert-OH is 1. The van der Waals surface area contributed by atoms with Gasteiger partial charge in [0.1, 0.15) is 29.5 Å². The molecule has 5 aromatic rings. The largest absolute Gasteiger partial charge is 0.555 e. The maximum absolute atomic E-state index is 14.1. The zero-order valence-electron chi connectivity index (χ0n) is 37.2. The summed E-state index contributed by atoms with van der Waals surface area (Å²) in [4.78, 5) is 86.3. The number of rotatable bonds is 18.